The summed E-state index contributed by atoms with van der Waals surface area (Å²) < 4.78 is 4.93. The summed E-state index contributed by atoms with van der Waals surface area (Å²) in [6, 6.07) is 0. The van der Waals surface area contributed by atoms with E-state index < -0.39 is 0 Å². The number of aliphatic hydroxyl groups is 1. The van der Waals surface area contributed by atoms with E-state index in [0.717, 1.165) is 19.4 Å². The van der Waals surface area contributed by atoms with Gasteiger partial charge in [0, 0.05) is 6.61 Å². The Balaban J connectivity index is 0.000000291. The van der Waals surface area contributed by atoms with Crippen molar-refractivity contribution in [3.05, 3.63) is 0 Å². The van der Waals surface area contributed by atoms with Crippen molar-refractivity contribution in [2.24, 2.45) is 0 Å². The molecule has 9 heavy (non-hydrogen) atoms. The van der Waals surface area contributed by atoms with E-state index in [1.165, 1.54) is 0 Å². The molecule has 0 aromatic heterocycles. The number of hydrogen-bond acceptors (Lipinski definition) is 2. The molecule has 1 saturated heterocycles. The maximum absolute atomic E-state index is 8.78. The van der Waals surface area contributed by atoms with Gasteiger partial charge in [-0.25, -0.2) is 0 Å². The Morgan fingerprint density at radius 2 is 2.11 bits per heavy atom. The molecule has 2 heteroatoms. The minimum Gasteiger partial charge on any atom is -0.391 e. The van der Waals surface area contributed by atoms with Crippen molar-refractivity contribution >= 4 is 0 Å². The van der Waals surface area contributed by atoms with Crippen LogP contribution >= 0.6 is 0 Å². The average Bonchev–Trinajstić information content (AvgIpc) is 1.94. The zero-order valence-electron chi connectivity index (χ0n) is 6.26. The van der Waals surface area contributed by atoms with Crippen molar-refractivity contribution in [1.82, 2.24) is 0 Å². The largest absolute Gasteiger partial charge is 0.391 e. The van der Waals surface area contributed by atoms with E-state index in [4.69, 9.17) is 9.84 Å². The third-order valence-corrected chi connectivity index (χ3v) is 1.14. The summed E-state index contributed by atoms with van der Waals surface area (Å²) in [6.07, 6.45) is 1.75. The maximum atomic E-state index is 8.78. The standard InChI is InChI=1S/C5H10O2.C2H6/c6-5-2-1-3-7-4-5;1-2/h5-6H,1-4H2;1-2H3. The highest BCUT2D eigenvalue weighted by Crippen LogP contribution is 2.03. The van der Waals surface area contributed by atoms with Gasteiger partial charge in [0.2, 0.25) is 0 Å². The fraction of sp³-hybridized carbons (Fsp3) is 1.00. The lowest BCUT2D eigenvalue weighted by molar-refractivity contribution is -0.00535. The van der Waals surface area contributed by atoms with Crippen LogP contribution in [0.2, 0.25) is 0 Å². The Labute approximate surface area is 56.8 Å². The molecular formula is C7H16O2. The van der Waals surface area contributed by atoms with E-state index in [2.05, 4.69) is 0 Å². The van der Waals surface area contributed by atoms with E-state index in [9.17, 15) is 0 Å². The molecule has 0 spiro atoms. The molecule has 0 aromatic rings. The molecule has 0 aliphatic carbocycles. The molecule has 56 valence electrons. The Hall–Kier alpha value is -0.0800. The Bertz CT molecular complexity index is 48.9. The first kappa shape index (κ1) is 8.92. The molecule has 0 radical (unpaired) electrons. The normalized spacial score (nSPS) is 26.3. The molecule has 0 saturated carbocycles. The second kappa shape index (κ2) is 6.05. The minimum atomic E-state index is -0.186. The van der Waals surface area contributed by atoms with Gasteiger partial charge in [-0.15, -0.1) is 0 Å². The third kappa shape index (κ3) is 4.43. The zero-order chi connectivity index (χ0) is 7.11. The van der Waals surface area contributed by atoms with Crippen LogP contribution in [0.4, 0.5) is 0 Å². The van der Waals surface area contributed by atoms with Gasteiger partial charge in [-0.05, 0) is 12.8 Å². The van der Waals surface area contributed by atoms with E-state index in [-0.39, 0.29) is 6.10 Å². The molecule has 1 heterocycles. The number of hydrogen-bond donors (Lipinski definition) is 1. The van der Waals surface area contributed by atoms with Gasteiger partial charge in [0.15, 0.2) is 0 Å². The van der Waals surface area contributed by atoms with Crippen molar-refractivity contribution in [3.8, 4) is 0 Å². The van der Waals surface area contributed by atoms with E-state index in [1.807, 2.05) is 13.8 Å². The van der Waals surface area contributed by atoms with Gasteiger partial charge in [0.1, 0.15) is 0 Å². The molecule has 1 rings (SSSR count). The quantitative estimate of drug-likeness (QED) is 0.536. The van der Waals surface area contributed by atoms with Gasteiger partial charge in [-0.3, -0.25) is 0 Å². The summed E-state index contributed by atoms with van der Waals surface area (Å²) in [7, 11) is 0. The van der Waals surface area contributed by atoms with Gasteiger partial charge in [0.25, 0.3) is 0 Å². The number of rotatable bonds is 0. The fourth-order valence-electron chi connectivity index (χ4n) is 0.724. The zero-order valence-corrected chi connectivity index (χ0v) is 6.26. The summed E-state index contributed by atoms with van der Waals surface area (Å²) in [4.78, 5) is 0. The van der Waals surface area contributed by atoms with Crippen LogP contribution < -0.4 is 0 Å². The number of aliphatic hydroxyl groups excluding tert-OH is 1. The van der Waals surface area contributed by atoms with Crippen molar-refractivity contribution in [1.29, 1.82) is 0 Å². The lowest BCUT2D eigenvalue weighted by atomic mass is 10.2. The molecule has 2 nitrogen and oxygen atoms in total. The smallest absolute Gasteiger partial charge is 0.0774 e. The molecule has 1 aliphatic heterocycles. The Kier molecular flexibility index (Phi) is 5.99. The van der Waals surface area contributed by atoms with Gasteiger partial charge >= 0.3 is 0 Å². The van der Waals surface area contributed by atoms with Crippen molar-refractivity contribution in [2.75, 3.05) is 13.2 Å². The number of ether oxygens (including phenoxy) is 1. The summed E-state index contributed by atoms with van der Waals surface area (Å²) in [5, 5.41) is 8.78. The summed E-state index contributed by atoms with van der Waals surface area (Å²) in [5.74, 6) is 0. The predicted octanol–water partition coefficient (Wildman–Crippen LogP) is 1.18. The highest BCUT2D eigenvalue weighted by molar-refractivity contribution is 4.57. The molecule has 1 N–H and O–H groups in total. The van der Waals surface area contributed by atoms with Gasteiger partial charge in [-0.2, -0.15) is 0 Å². The predicted molar refractivity (Wildman–Crippen MR) is 37.4 cm³/mol. The van der Waals surface area contributed by atoms with Crippen LogP contribution in [0, 0.1) is 0 Å². The van der Waals surface area contributed by atoms with Crippen molar-refractivity contribution < 1.29 is 9.84 Å². The van der Waals surface area contributed by atoms with E-state index >= 15 is 0 Å². The third-order valence-electron chi connectivity index (χ3n) is 1.14. The summed E-state index contributed by atoms with van der Waals surface area (Å²) >= 11 is 0. The van der Waals surface area contributed by atoms with Crippen LogP contribution in [0.25, 0.3) is 0 Å². The molecule has 1 atom stereocenters. The highest BCUT2D eigenvalue weighted by atomic mass is 16.5. The molecular weight excluding hydrogens is 116 g/mol. The van der Waals surface area contributed by atoms with Gasteiger partial charge in [-0.1, -0.05) is 13.8 Å². The van der Waals surface area contributed by atoms with Crippen LogP contribution in [-0.4, -0.2) is 24.4 Å². The maximum Gasteiger partial charge on any atom is 0.0774 e. The molecule has 1 fully saturated rings. The van der Waals surface area contributed by atoms with Crippen LogP contribution in [0.15, 0.2) is 0 Å². The minimum absolute atomic E-state index is 0.186. The van der Waals surface area contributed by atoms with Gasteiger partial charge in [0.05, 0.1) is 12.7 Å². The monoisotopic (exact) mass is 132 g/mol. The molecule has 1 aliphatic rings. The topological polar surface area (TPSA) is 29.5 Å². The molecule has 0 aromatic carbocycles. The van der Waals surface area contributed by atoms with Crippen molar-refractivity contribution in [2.45, 2.75) is 32.8 Å². The SMILES string of the molecule is CC.OC1CCCOC1. The van der Waals surface area contributed by atoms with Crippen LogP contribution in [-0.2, 0) is 4.74 Å². The first-order valence-corrected chi connectivity index (χ1v) is 3.65. The van der Waals surface area contributed by atoms with Crippen molar-refractivity contribution in [3.63, 3.8) is 0 Å². The van der Waals surface area contributed by atoms with Crippen LogP contribution in [0.5, 0.6) is 0 Å². The first-order valence-electron chi connectivity index (χ1n) is 3.65. The summed E-state index contributed by atoms with van der Waals surface area (Å²) in [5.41, 5.74) is 0. The van der Waals surface area contributed by atoms with Crippen LogP contribution in [0.3, 0.4) is 0 Å². The lowest BCUT2D eigenvalue weighted by Crippen LogP contribution is -2.21. The fourth-order valence-corrected chi connectivity index (χ4v) is 0.724. The average molecular weight is 132 g/mol. The second-order valence-corrected chi connectivity index (χ2v) is 1.87. The molecule has 1 unspecified atom stereocenters. The first-order chi connectivity index (χ1) is 4.39. The second-order valence-electron chi connectivity index (χ2n) is 1.87. The van der Waals surface area contributed by atoms with E-state index in [0.29, 0.717) is 6.61 Å². The Morgan fingerprint density at radius 3 is 2.33 bits per heavy atom. The Morgan fingerprint density at radius 1 is 1.44 bits per heavy atom. The molecule has 0 amide bonds. The lowest BCUT2D eigenvalue weighted by Gasteiger charge is -2.15. The summed E-state index contributed by atoms with van der Waals surface area (Å²) in [6.45, 7) is 5.37. The van der Waals surface area contributed by atoms with Gasteiger partial charge < -0.3 is 9.84 Å². The van der Waals surface area contributed by atoms with E-state index in [1.54, 1.807) is 0 Å². The highest BCUT2D eigenvalue weighted by Gasteiger charge is 2.07. The molecule has 0 bridgehead atoms. The van der Waals surface area contributed by atoms with Crippen LogP contribution in [0.1, 0.15) is 26.7 Å².